The van der Waals surface area contributed by atoms with Crippen LogP contribution >= 0.6 is 0 Å². The Morgan fingerprint density at radius 3 is 3.00 bits per heavy atom. The predicted octanol–water partition coefficient (Wildman–Crippen LogP) is -0.356. The zero-order valence-corrected chi connectivity index (χ0v) is 9.08. The van der Waals surface area contributed by atoms with Crippen LogP contribution in [-0.2, 0) is 11.3 Å². The summed E-state index contributed by atoms with van der Waals surface area (Å²) in [6, 6.07) is 5.17. The molecule has 2 heterocycles. The van der Waals surface area contributed by atoms with Gasteiger partial charge < -0.3 is 5.32 Å². The first-order valence-corrected chi connectivity index (χ1v) is 4.91. The second kappa shape index (κ2) is 4.60. The molecule has 0 aromatic carbocycles. The van der Waals surface area contributed by atoms with E-state index in [0.717, 1.165) is 4.57 Å². The number of nitrogens with one attached hydrogen (secondary N) is 1. The van der Waals surface area contributed by atoms with E-state index in [2.05, 4.69) is 20.0 Å². The number of carbonyl (C=O) groups is 1. The molecule has 0 radical (unpaired) electrons. The van der Waals surface area contributed by atoms with Gasteiger partial charge in [0.15, 0.2) is 0 Å². The Labute approximate surface area is 96.1 Å². The molecule has 2 rings (SSSR count). The van der Waals surface area contributed by atoms with E-state index in [1.165, 1.54) is 7.05 Å². The average molecular weight is 234 g/mol. The van der Waals surface area contributed by atoms with Gasteiger partial charge in [-0.3, -0.25) is 14.3 Å². The maximum atomic E-state index is 11.4. The van der Waals surface area contributed by atoms with Gasteiger partial charge in [0.1, 0.15) is 12.2 Å². The molecular weight excluding hydrogens is 224 g/mol. The smallest absolute Gasteiger partial charge is 0.358 e. The lowest BCUT2D eigenvalue weighted by Gasteiger charge is -2.02. The van der Waals surface area contributed by atoms with Crippen LogP contribution in [0.3, 0.4) is 0 Å². The molecule has 0 aliphatic carbocycles. The quantitative estimate of drug-likeness (QED) is 0.783. The predicted molar refractivity (Wildman–Crippen MR) is 58.1 cm³/mol. The van der Waals surface area contributed by atoms with Crippen molar-refractivity contribution in [2.75, 3.05) is 7.05 Å². The lowest BCUT2D eigenvalue weighted by atomic mass is 10.3. The molecule has 0 aliphatic rings. The summed E-state index contributed by atoms with van der Waals surface area (Å²) in [4.78, 5) is 26.7. The van der Waals surface area contributed by atoms with E-state index in [4.69, 9.17) is 0 Å². The maximum absolute atomic E-state index is 11.4. The van der Waals surface area contributed by atoms with Crippen molar-refractivity contribution in [3.05, 3.63) is 34.9 Å². The molecule has 2 aromatic rings. The lowest BCUT2D eigenvalue weighted by molar-refractivity contribution is -0.121. The summed E-state index contributed by atoms with van der Waals surface area (Å²) in [7, 11) is 1.49. The van der Waals surface area contributed by atoms with Crippen LogP contribution in [0.15, 0.2) is 33.7 Å². The van der Waals surface area contributed by atoms with Gasteiger partial charge in [-0.1, -0.05) is 11.2 Å². The van der Waals surface area contributed by atoms with Crippen molar-refractivity contribution in [1.29, 1.82) is 0 Å². The fourth-order valence-electron chi connectivity index (χ4n) is 1.31. The number of aromatic nitrogens is 3. The van der Waals surface area contributed by atoms with Crippen LogP contribution in [0, 0.1) is 0 Å². The average Bonchev–Trinajstić information content (AvgIpc) is 2.72. The third-order valence-electron chi connectivity index (χ3n) is 2.16. The third-order valence-corrected chi connectivity index (χ3v) is 2.16. The van der Waals surface area contributed by atoms with Crippen molar-refractivity contribution in [3.8, 4) is 11.5 Å². The van der Waals surface area contributed by atoms with Crippen LogP contribution in [0.5, 0.6) is 0 Å². The van der Waals surface area contributed by atoms with Crippen molar-refractivity contribution < 1.29 is 9.32 Å². The molecule has 7 nitrogen and oxygen atoms in total. The van der Waals surface area contributed by atoms with Gasteiger partial charge in [0, 0.05) is 13.2 Å². The third kappa shape index (κ3) is 2.22. The molecule has 88 valence electrons. The monoisotopic (exact) mass is 234 g/mol. The van der Waals surface area contributed by atoms with Crippen LogP contribution in [0.1, 0.15) is 0 Å². The molecule has 0 bridgehead atoms. The summed E-state index contributed by atoms with van der Waals surface area (Å²) >= 11 is 0. The van der Waals surface area contributed by atoms with E-state index in [-0.39, 0.29) is 18.3 Å². The van der Waals surface area contributed by atoms with Gasteiger partial charge in [-0.05, 0) is 12.1 Å². The highest BCUT2D eigenvalue weighted by Crippen LogP contribution is 2.11. The summed E-state index contributed by atoms with van der Waals surface area (Å²) in [5.41, 5.74) is 0.474. The first-order chi connectivity index (χ1) is 8.22. The number of rotatable bonds is 3. The van der Waals surface area contributed by atoms with Crippen LogP contribution in [0.2, 0.25) is 0 Å². The normalized spacial score (nSPS) is 10.2. The number of amides is 1. The largest absolute Gasteiger partial charge is 0.442 e. The minimum absolute atomic E-state index is 0.148. The van der Waals surface area contributed by atoms with Crippen LogP contribution in [-0.4, -0.2) is 27.7 Å². The van der Waals surface area contributed by atoms with Gasteiger partial charge in [0.2, 0.25) is 11.7 Å². The number of hydrogen-bond donors (Lipinski definition) is 1. The molecule has 7 heteroatoms. The molecule has 1 amide bonds. The van der Waals surface area contributed by atoms with E-state index in [0.29, 0.717) is 5.69 Å². The van der Waals surface area contributed by atoms with Crippen LogP contribution in [0.4, 0.5) is 0 Å². The van der Waals surface area contributed by atoms with Crippen molar-refractivity contribution in [2.24, 2.45) is 0 Å². The Kier molecular flexibility index (Phi) is 2.99. The highest BCUT2D eigenvalue weighted by atomic mass is 16.5. The fourth-order valence-corrected chi connectivity index (χ4v) is 1.31. The van der Waals surface area contributed by atoms with Gasteiger partial charge in [-0.15, -0.1) is 0 Å². The van der Waals surface area contributed by atoms with Gasteiger partial charge in [-0.25, -0.2) is 9.36 Å². The number of nitrogens with zero attached hydrogens (tertiary/aromatic N) is 3. The summed E-state index contributed by atoms with van der Waals surface area (Å²) in [6.07, 6.45) is 1.57. The van der Waals surface area contributed by atoms with Gasteiger partial charge >= 0.3 is 5.76 Å². The number of carbonyl (C=O) groups excluding carboxylic acids is 1. The second-order valence-electron chi connectivity index (χ2n) is 3.25. The molecule has 0 saturated heterocycles. The number of hydrogen-bond acceptors (Lipinski definition) is 5. The second-order valence-corrected chi connectivity index (χ2v) is 3.25. The molecule has 0 atom stereocenters. The zero-order chi connectivity index (χ0) is 12.3. The summed E-state index contributed by atoms with van der Waals surface area (Å²) in [5, 5.41) is 6.03. The van der Waals surface area contributed by atoms with Crippen LogP contribution < -0.4 is 11.1 Å². The van der Waals surface area contributed by atoms with E-state index in [1.807, 2.05) is 0 Å². The Morgan fingerprint density at radius 1 is 1.53 bits per heavy atom. The Morgan fingerprint density at radius 2 is 2.35 bits per heavy atom. The van der Waals surface area contributed by atoms with Gasteiger partial charge in [-0.2, -0.15) is 0 Å². The Hall–Kier alpha value is -2.44. The lowest BCUT2D eigenvalue weighted by Crippen LogP contribution is -2.28. The summed E-state index contributed by atoms with van der Waals surface area (Å²) in [5.74, 6) is -0.763. The standard InChI is InChI=1S/C10H10N4O3/c1-11-8(15)6-14-9(13-17-10(14)16)7-4-2-3-5-12-7/h2-5H,6H2,1H3,(H,11,15). The topological polar surface area (TPSA) is 90.0 Å². The first-order valence-electron chi connectivity index (χ1n) is 4.91. The minimum atomic E-state index is -0.686. The summed E-state index contributed by atoms with van der Waals surface area (Å²) in [6.45, 7) is -0.148. The minimum Gasteiger partial charge on any atom is -0.358 e. The molecular formula is C10H10N4O3. The highest BCUT2D eigenvalue weighted by molar-refractivity contribution is 5.75. The van der Waals surface area contributed by atoms with E-state index >= 15 is 0 Å². The van der Waals surface area contributed by atoms with Crippen molar-refractivity contribution in [3.63, 3.8) is 0 Å². The number of pyridine rings is 1. The van der Waals surface area contributed by atoms with Gasteiger partial charge in [0.25, 0.3) is 0 Å². The molecule has 0 unspecified atom stereocenters. The van der Waals surface area contributed by atoms with E-state index < -0.39 is 5.76 Å². The Bertz CT molecular complexity index is 573. The highest BCUT2D eigenvalue weighted by Gasteiger charge is 2.15. The maximum Gasteiger partial charge on any atom is 0.442 e. The fraction of sp³-hybridized carbons (Fsp3) is 0.200. The molecule has 2 aromatic heterocycles. The molecule has 0 fully saturated rings. The van der Waals surface area contributed by atoms with E-state index in [9.17, 15) is 9.59 Å². The van der Waals surface area contributed by atoms with Crippen LogP contribution in [0.25, 0.3) is 11.5 Å². The molecule has 0 spiro atoms. The molecule has 17 heavy (non-hydrogen) atoms. The van der Waals surface area contributed by atoms with Gasteiger partial charge in [0.05, 0.1) is 0 Å². The first kappa shape index (κ1) is 11.1. The van der Waals surface area contributed by atoms with Crippen molar-refractivity contribution in [1.82, 2.24) is 20.0 Å². The SMILES string of the molecule is CNC(=O)Cn1c(-c2ccccn2)noc1=O. The molecule has 1 N–H and O–H groups in total. The zero-order valence-electron chi connectivity index (χ0n) is 9.08. The van der Waals surface area contributed by atoms with Crippen molar-refractivity contribution in [2.45, 2.75) is 6.54 Å². The van der Waals surface area contributed by atoms with Crippen molar-refractivity contribution >= 4 is 5.91 Å². The molecule has 0 aliphatic heterocycles. The summed E-state index contributed by atoms with van der Waals surface area (Å²) < 4.78 is 5.66. The Balaban J connectivity index is 2.43. The number of likely N-dealkylation sites (N-methyl/N-ethyl adjacent to an activating group) is 1. The van der Waals surface area contributed by atoms with E-state index in [1.54, 1.807) is 24.4 Å². The molecule has 0 saturated carbocycles.